The molecule has 6 heteroatoms. The lowest BCUT2D eigenvalue weighted by Gasteiger charge is -2.34. The normalized spacial score (nSPS) is 14.5. The summed E-state index contributed by atoms with van der Waals surface area (Å²) in [4.78, 5) is 13.4. The number of hydrogen-bond acceptors (Lipinski definition) is 6. The summed E-state index contributed by atoms with van der Waals surface area (Å²) >= 11 is 0. The summed E-state index contributed by atoms with van der Waals surface area (Å²) in [6.07, 6.45) is 27.9. The molecule has 0 aliphatic heterocycles. The van der Waals surface area contributed by atoms with E-state index >= 15 is 0 Å². The van der Waals surface area contributed by atoms with E-state index in [0.717, 1.165) is 44.4 Å². The summed E-state index contributed by atoms with van der Waals surface area (Å²) < 4.78 is 5.73. The SMILES string of the molecule is CCCCCCCCCCCCCCOC(=O)C(CCCCCCCCCCCCCC(C)C)(CC(O)CO)CC(O)CO. The van der Waals surface area contributed by atoms with Crippen LogP contribution in [-0.2, 0) is 9.53 Å². The molecule has 2 unspecified atom stereocenters. The molecular formula is C38H76O6. The van der Waals surface area contributed by atoms with Crippen LogP contribution in [0.4, 0.5) is 0 Å². The summed E-state index contributed by atoms with van der Waals surface area (Å²) in [5.74, 6) is 0.406. The number of carbonyl (C=O) groups excluding carboxylic acids is 1. The quantitative estimate of drug-likeness (QED) is 0.0418. The van der Waals surface area contributed by atoms with Crippen LogP contribution in [0.5, 0.6) is 0 Å². The molecule has 0 aromatic carbocycles. The first-order valence-electron chi connectivity index (χ1n) is 19.1. The largest absolute Gasteiger partial charge is 0.465 e. The van der Waals surface area contributed by atoms with Gasteiger partial charge in [0.1, 0.15) is 0 Å². The summed E-state index contributed by atoms with van der Waals surface area (Å²) in [6, 6.07) is 0. The monoisotopic (exact) mass is 629 g/mol. The fraction of sp³-hybridized carbons (Fsp3) is 0.974. The van der Waals surface area contributed by atoms with Crippen molar-refractivity contribution in [2.24, 2.45) is 11.3 Å². The molecular weight excluding hydrogens is 552 g/mol. The molecule has 264 valence electrons. The maximum Gasteiger partial charge on any atom is 0.312 e. The van der Waals surface area contributed by atoms with E-state index in [1.807, 2.05) is 0 Å². The van der Waals surface area contributed by atoms with Gasteiger partial charge < -0.3 is 25.2 Å². The lowest BCUT2D eigenvalue weighted by Crippen LogP contribution is -2.41. The molecule has 0 aromatic heterocycles. The van der Waals surface area contributed by atoms with Gasteiger partial charge in [-0.25, -0.2) is 0 Å². The topological polar surface area (TPSA) is 107 Å². The number of aliphatic hydroxyl groups excluding tert-OH is 4. The van der Waals surface area contributed by atoms with E-state index in [9.17, 15) is 25.2 Å². The zero-order valence-electron chi connectivity index (χ0n) is 29.6. The third kappa shape index (κ3) is 25.5. The van der Waals surface area contributed by atoms with Gasteiger partial charge in [-0.3, -0.25) is 4.79 Å². The van der Waals surface area contributed by atoms with Crippen molar-refractivity contribution < 1.29 is 30.0 Å². The Morgan fingerprint density at radius 1 is 0.568 bits per heavy atom. The Labute approximate surface area is 273 Å². The van der Waals surface area contributed by atoms with Crippen molar-refractivity contribution in [3.05, 3.63) is 0 Å². The van der Waals surface area contributed by atoms with E-state index in [4.69, 9.17) is 4.74 Å². The van der Waals surface area contributed by atoms with E-state index < -0.39 is 36.8 Å². The lowest BCUT2D eigenvalue weighted by atomic mass is 9.73. The van der Waals surface area contributed by atoms with Crippen LogP contribution in [0.1, 0.15) is 194 Å². The zero-order valence-corrected chi connectivity index (χ0v) is 29.6. The maximum absolute atomic E-state index is 13.4. The first-order chi connectivity index (χ1) is 21.3. The van der Waals surface area contributed by atoms with E-state index in [2.05, 4.69) is 20.8 Å². The predicted molar refractivity (Wildman–Crippen MR) is 185 cm³/mol. The van der Waals surface area contributed by atoms with Gasteiger partial charge in [0.15, 0.2) is 0 Å². The molecule has 0 saturated heterocycles. The van der Waals surface area contributed by atoms with Gasteiger partial charge in [0.2, 0.25) is 0 Å². The van der Waals surface area contributed by atoms with Gasteiger partial charge in [0.25, 0.3) is 0 Å². The molecule has 0 aliphatic rings. The second-order valence-corrected chi connectivity index (χ2v) is 14.2. The highest BCUT2D eigenvalue weighted by Gasteiger charge is 2.42. The third-order valence-corrected chi connectivity index (χ3v) is 9.28. The summed E-state index contributed by atoms with van der Waals surface area (Å²) in [5, 5.41) is 39.8. The zero-order chi connectivity index (χ0) is 32.7. The fourth-order valence-corrected chi connectivity index (χ4v) is 6.46. The minimum Gasteiger partial charge on any atom is -0.465 e. The van der Waals surface area contributed by atoms with Crippen LogP contribution in [0.3, 0.4) is 0 Å². The van der Waals surface area contributed by atoms with Gasteiger partial charge in [-0.2, -0.15) is 0 Å². The van der Waals surface area contributed by atoms with Gasteiger partial charge in [0, 0.05) is 0 Å². The van der Waals surface area contributed by atoms with Crippen LogP contribution in [0, 0.1) is 11.3 Å². The first kappa shape index (κ1) is 43.3. The van der Waals surface area contributed by atoms with Crippen molar-refractivity contribution in [3.8, 4) is 0 Å². The molecule has 2 atom stereocenters. The molecule has 0 aliphatic carbocycles. The number of hydrogen-bond donors (Lipinski definition) is 4. The molecule has 6 nitrogen and oxygen atoms in total. The molecule has 0 rings (SSSR count). The molecule has 0 radical (unpaired) electrons. The number of carbonyl (C=O) groups is 1. The molecule has 0 aromatic rings. The van der Waals surface area contributed by atoms with Crippen LogP contribution in [0.15, 0.2) is 0 Å². The van der Waals surface area contributed by atoms with Crippen LogP contribution in [0.2, 0.25) is 0 Å². The molecule has 0 fully saturated rings. The Kier molecular flexibility index (Phi) is 30.5. The van der Waals surface area contributed by atoms with Crippen LogP contribution >= 0.6 is 0 Å². The molecule has 0 heterocycles. The minimum atomic E-state index is -1.10. The third-order valence-electron chi connectivity index (χ3n) is 9.28. The Balaban J connectivity index is 4.44. The molecule has 0 bridgehead atoms. The summed E-state index contributed by atoms with van der Waals surface area (Å²) in [7, 11) is 0. The number of ether oxygens (including phenoxy) is 1. The van der Waals surface area contributed by atoms with Crippen LogP contribution in [0.25, 0.3) is 0 Å². The predicted octanol–water partition coefficient (Wildman–Crippen LogP) is 9.43. The Bertz CT molecular complexity index is 598. The summed E-state index contributed by atoms with van der Waals surface area (Å²) in [6.45, 7) is 6.29. The van der Waals surface area contributed by atoms with E-state index in [1.165, 1.54) is 116 Å². The first-order valence-corrected chi connectivity index (χ1v) is 19.1. The maximum atomic E-state index is 13.4. The van der Waals surface area contributed by atoms with Crippen LogP contribution < -0.4 is 0 Å². The number of rotatable bonds is 34. The smallest absolute Gasteiger partial charge is 0.312 e. The second-order valence-electron chi connectivity index (χ2n) is 14.2. The summed E-state index contributed by atoms with van der Waals surface area (Å²) in [5.41, 5.74) is -1.10. The highest BCUT2D eigenvalue weighted by molar-refractivity contribution is 5.77. The van der Waals surface area contributed by atoms with Crippen molar-refractivity contribution >= 4 is 5.97 Å². The minimum absolute atomic E-state index is 0.0367. The molecule has 0 saturated carbocycles. The molecule has 0 amide bonds. The van der Waals surface area contributed by atoms with Crippen LogP contribution in [-0.4, -0.2) is 58.4 Å². The molecule has 4 N–H and O–H groups in total. The Morgan fingerprint density at radius 3 is 1.32 bits per heavy atom. The molecule has 44 heavy (non-hydrogen) atoms. The van der Waals surface area contributed by atoms with Gasteiger partial charge in [-0.15, -0.1) is 0 Å². The number of esters is 1. The van der Waals surface area contributed by atoms with Crippen molar-refractivity contribution in [2.75, 3.05) is 19.8 Å². The molecule has 0 spiro atoms. The second kappa shape index (κ2) is 30.9. The van der Waals surface area contributed by atoms with E-state index in [1.54, 1.807) is 0 Å². The standard InChI is InChI=1S/C38H76O6/c1-4-5-6-7-8-9-10-14-17-20-23-26-29-44-37(43)38(30-35(41)32-39,31-36(42)33-40)28-25-22-19-16-13-11-12-15-18-21-24-27-34(2)3/h34-36,39-42H,4-33H2,1-3H3. The van der Waals surface area contributed by atoms with Gasteiger partial charge >= 0.3 is 5.97 Å². The van der Waals surface area contributed by atoms with Crippen molar-refractivity contribution in [2.45, 2.75) is 206 Å². The van der Waals surface area contributed by atoms with Gasteiger partial charge in [-0.05, 0) is 31.6 Å². The van der Waals surface area contributed by atoms with Crippen molar-refractivity contribution in [1.82, 2.24) is 0 Å². The van der Waals surface area contributed by atoms with E-state index in [0.29, 0.717) is 13.0 Å². The number of unbranched alkanes of at least 4 members (excludes halogenated alkanes) is 21. The van der Waals surface area contributed by atoms with E-state index in [-0.39, 0.29) is 12.8 Å². The van der Waals surface area contributed by atoms with Crippen molar-refractivity contribution in [1.29, 1.82) is 0 Å². The highest BCUT2D eigenvalue weighted by Crippen LogP contribution is 2.38. The van der Waals surface area contributed by atoms with Gasteiger partial charge in [0.05, 0.1) is 37.4 Å². The Morgan fingerprint density at radius 2 is 0.932 bits per heavy atom. The average molecular weight is 629 g/mol. The highest BCUT2D eigenvalue weighted by atomic mass is 16.5. The van der Waals surface area contributed by atoms with Crippen molar-refractivity contribution in [3.63, 3.8) is 0 Å². The fourth-order valence-electron chi connectivity index (χ4n) is 6.46. The van der Waals surface area contributed by atoms with Gasteiger partial charge in [-0.1, -0.05) is 168 Å². The lowest BCUT2D eigenvalue weighted by molar-refractivity contribution is -0.162. The Hall–Kier alpha value is -0.690. The number of aliphatic hydroxyl groups is 4. The average Bonchev–Trinajstić information content (AvgIpc) is 3.01.